The number of amides is 1. The molecule has 0 saturated carbocycles. The van der Waals surface area contributed by atoms with E-state index in [0.29, 0.717) is 16.9 Å². The third-order valence-electron chi connectivity index (χ3n) is 4.77. The molecule has 0 radical (unpaired) electrons. The fourth-order valence-electron chi connectivity index (χ4n) is 3.31. The number of sulfonamides is 1. The second kappa shape index (κ2) is 8.10. The van der Waals surface area contributed by atoms with Gasteiger partial charge >= 0.3 is 6.09 Å². The van der Waals surface area contributed by atoms with Crippen molar-refractivity contribution in [2.45, 2.75) is 26.9 Å². The standard InChI is InChI=1S/C20H25N3O4S/c1-4-23(5-2)15-10-11-17(14(3)12-15)21-20(24)27-19-13-28(25,26)22-18-9-7-6-8-16(18)19/h6-12,19,22H,4-5,13H2,1-3H3,(H,21,24). The Morgan fingerprint density at radius 3 is 2.61 bits per heavy atom. The molecule has 0 fully saturated rings. The van der Waals surface area contributed by atoms with E-state index in [1.54, 1.807) is 24.3 Å². The van der Waals surface area contributed by atoms with Gasteiger partial charge in [-0.15, -0.1) is 0 Å². The van der Waals surface area contributed by atoms with Crippen LogP contribution in [0.3, 0.4) is 0 Å². The Kier molecular flexibility index (Phi) is 5.79. The number of nitrogens with zero attached hydrogens (tertiary/aromatic N) is 1. The highest BCUT2D eigenvalue weighted by atomic mass is 32.2. The number of hydrogen-bond donors (Lipinski definition) is 2. The van der Waals surface area contributed by atoms with Crippen LogP contribution < -0.4 is 14.9 Å². The molecule has 7 nitrogen and oxygen atoms in total. The van der Waals surface area contributed by atoms with Gasteiger partial charge < -0.3 is 9.64 Å². The first kappa shape index (κ1) is 20.0. The smallest absolute Gasteiger partial charge is 0.412 e. The molecular weight excluding hydrogens is 378 g/mol. The molecule has 3 rings (SSSR count). The predicted molar refractivity (Wildman–Crippen MR) is 111 cm³/mol. The van der Waals surface area contributed by atoms with Crippen LogP contribution in [-0.2, 0) is 14.8 Å². The molecule has 1 atom stereocenters. The lowest BCUT2D eigenvalue weighted by Gasteiger charge is -2.26. The molecule has 1 aliphatic rings. The lowest BCUT2D eigenvalue weighted by molar-refractivity contribution is 0.122. The summed E-state index contributed by atoms with van der Waals surface area (Å²) in [4.78, 5) is 14.6. The lowest BCUT2D eigenvalue weighted by atomic mass is 10.1. The Morgan fingerprint density at radius 2 is 1.93 bits per heavy atom. The van der Waals surface area contributed by atoms with E-state index in [2.05, 4.69) is 28.8 Å². The molecule has 8 heteroatoms. The number of benzene rings is 2. The number of para-hydroxylation sites is 1. The number of hydrogen-bond acceptors (Lipinski definition) is 5. The van der Waals surface area contributed by atoms with Crippen LogP contribution in [0.25, 0.3) is 0 Å². The number of carbonyl (C=O) groups excluding carboxylic acids is 1. The highest BCUT2D eigenvalue weighted by Crippen LogP contribution is 2.33. The Hall–Kier alpha value is -2.74. The van der Waals surface area contributed by atoms with Gasteiger partial charge in [0.2, 0.25) is 10.0 Å². The molecular formula is C20H25N3O4S. The van der Waals surface area contributed by atoms with Gasteiger partial charge in [-0.1, -0.05) is 18.2 Å². The van der Waals surface area contributed by atoms with Crippen molar-refractivity contribution in [3.05, 3.63) is 53.6 Å². The minimum absolute atomic E-state index is 0.308. The number of fused-ring (bicyclic) bond motifs is 1. The summed E-state index contributed by atoms with van der Waals surface area (Å²) in [5.41, 5.74) is 3.69. The fraction of sp³-hybridized carbons (Fsp3) is 0.350. The Morgan fingerprint density at radius 1 is 1.21 bits per heavy atom. The van der Waals surface area contributed by atoms with E-state index < -0.39 is 22.2 Å². The first-order valence-corrected chi connectivity index (χ1v) is 10.9. The van der Waals surface area contributed by atoms with Gasteiger partial charge in [0.25, 0.3) is 0 Å². The van der Waals surface area contributed by atoms with E-state index in [9.17, 15) is 13.2 Å². The molecule has 0 aromatic heterocycles. The monoisotopic (exact) mass is 403 g/mol. The minimum Gasteiger partial charge on any atom is -0.440 e. The van der Waals surface area contributed by atoms with Crippen LogP contribution in [0, 0.1) is 6.92 Å². The third kappa shape index (κ3) is 4.39. The molecule has 150 valence electrons. The summed E-state index contributed by atoms with van der Waals surface area (Å²) in [6, 6.07) is 12.7. The number of anilines is 3. The minimum atomic E-state index is -3.55. The van der Waals surface area contributed by atoms with E-state index in [4.69, 9.17) is 4.74 Å². The van der Waals surface area contributed by atoms with Gasteiger partial charge in [-0.2, -0.15) is 0 Å². The van der Waals surface area contributed by atoms with Gasteiger partial charge in [0.1, 0.15) is 11.9 Å². The van der Waals surface area contributed by atoms with Crippen LogP contribution in [0.2, 0.25) is 0 Å². The molecule has 0 aliphatic carbocycles. The average molecular weight is 404 g/mol. The van der Waals surface area contributed by atoms with Gasteiger partial charge in [0.05, 0.1) is 5.69 Å². The molecule has 1 amide bonds. The van der Waals surface area contributed by atoms with Gasteiger partial charge in [0, 0.05) is 30.0 Å². The van der Waals surface area contributed by atoms with Crippen molar-refractivity contribution in [3.63, 3.8) is 0 Å². The van der Waals surface area contributed by atoms with Gasteiger partial charge in [-0.25, -0.2) is 13.2 Å². The maximum atomic E-state index is 12.4. The second-order valence-corrected chi connectivity index (χ2v) is 8.43. The van der Waals surface area contributed by atoms with E-state index in [-0.39, 0.29) is 5.75 Å². The number of aryl methyl sites for hydroxylation is 1. The largest absolute Gasteiger partial charge is 0.440 e. The number of carbonyl (C=O) groups is 1. The Balaban J connectivity index is 1.74. The molecule has 2 N–H and O–H groups in total. The normalized spacial score (nSPS) is 17.2. The lowest BCUT2D eigenvalue weighted by Crippen LogP contribution is -2.31. The van der Waals surface area contributed by atoms with Gasteiger partial charge in [-0.05, 0) is 50.6 Å². The Bertz CT molecular complexity index is 971. The van der Waals surface area contributed by atoms with Crippen molar-refractivity contribution in [2.75, 3.05) is 33.8 Å². The molecule has 0 bridgehead atoms. The molecule has 1 heterocycles. The quantitative estimate of drug-likeness (QED) is 0.791. The van der Waals surface area contributed by atoms with Crippen molar-refractivity contribution in [2.24, 2.45) is 0 Å². The average Bonchev–Trinajstić information content (AvgIpc) is 2.64. The van der Waals surface area contributed by atoms with E-state index >= 15 is 0 Å². The van der Waals surface area contributed by atoms with Crippen molar-refractivity contribution in [1.29, 1.82) is 0 Å². The van der Waals surface area contributed by atoms with Crippen molar-refractivity contribution < 1.29 is 17.9 Å². The zero-order valence-corrected chi connectivity index (χ0v) is 17.0. The summed E-state index contributed by atoms with van der Waals surface area (Å²) in [6.07, 6.45) is -1.55. The summed E-state index contributed by atoms with van der Waals surface area (Å²) in [5.74, 6) is -0.308. The van der Waals surface area contributed by atoms with Crippen LogP contribution in [0.1, 0.15) is 31.1 Å². The van der Waals surface area contributed by atoms with Crippen molar-refractivity contribution in [1.82, 2.24) is 0 Å². The predicted octanol–water partition coefficient (Wildman–Crippen LogP) is 3.89. The van der Waals surface area contributed by atoms with Crippen molar-refractivity contribution in [3.8, 4) is 0 Å². The van der Waals surface area contributed by atoms with E-state index in [1.165, 1.54) is 0 Å². The summed E-state index contributed by atoms with van der Waals surface area (Å²) >= 11 is 0. The van der Waals surface area contributed by atoms with Crippen molar-refractivity contribution >= 4 is 33.2 Å². The molecule has 2 aromatic carbocycles. The van der Waals surface area contributed by atoms with Crippen LogP contribution >= 0.6 is 0 Å². The molecule has 0 saturated heterocycles. The summed E-state index contributed by atoms with van der Waals surface area (Å²) in [7, 11) is -3.55. The molecule has 28 heavy (non-hydrogen) atoms. The first-order valence-electron chi connectivity index (χ1n) is 9.25. The maximum Gasteiger partial charge on any atom is 0.412 e. The second-order valence-electron chi connectivity index (χ2n) is 6.66. The third-order valence-corrected chi connectivity index (χ3v) is 6.04. The SMILES string of the molecule is CCN(CC)c1ccc(NC(=O)OC2CS(=O)(=O)Nc3ccccc32)c(C)c1. The van der Waals surface area contributed by atoms with Crippen LogP contribution in [-0.4, -0.2) is 33.4 Å². The number of ether oxygens (including phenoxy) is 1. The maximum absolute atomic E-state index is 12.4. The molecule has 1 aliphatic heterocycles. The summed E-state index contributed by atoms with van der Waals surface area (Å²) in [5, 5.41) is 2.72. The van der Waals surface area contributed by atoms with Gasteiger partial charge in [0.15, 0.2) is 0 Å². The van der Waals surface area contributed by atoms with Gasteiger partial charge in [-0.3, -0.25) is 10.0 Å². The van der Waals surface area contributed by atoms with Crippen LogP contribution in [0.15, 0.2) is 42.5 Å². The summed E-state index contributed by atoms with van der Waals surface area (Å²) in [6.45, 7) is 7.89. The molecule has 2 aromatic rings. The van der Waals surface area contributed by atoms with E-state index in [1.807, 2.05) is 25.1 Å². The number of rotatable bonds is 5. The topological polar surface area (TPSA) is 87.7 Å². The highest BCUT2D eigenvalue weighted by Gasteiger charge is 2.31. The van der Waals surface area contributed by atoms with Crippen LogP contribution in [0.5, 0.6) is 0 Å². The fourth-order valence-corrected chi connectivity index (χ4v) is 4.56. The molecule has 1 unspecified atom stereocenters. The zero-order valence-electron chi connectivity index (χ0n) is 16.2. The molecule has 0 spiro atoms. The first-order chi connectivity index (χ1) is 13.3. The van der Waals surface area contributed by atoms with Crippen LogP contribution in [0.4, 0.5) is 21.9 Å². The highest BCUT2D eigenvalue weighted by molar-refractivity contribution is 7.92. The number of nitrogens with one attached hydrogen (secondary N) is 2. The zero-order chi connectivity index (χ0) is 20.3. The summed E-state index contributed by atoms with van der Waals surface area (Å²) < 4.78 is 32.0. The van der Waals surface area contributed by atoms with E-state index in [0.717, 1.165) is 24.3 Å². The Labute approximate surface area is 165 Å².